The quantitative estimate of drug-likeness (QED) is 0.679. The second kappa shape index (κ2) is 3.20. The summed E-state index contributed by atoms with van der Waals surface area (Å²) < 4.78 is 5.29. The molecule has 68 valence electrons. The van der Waals surface area contributed by atoms with Crippen LogP contribution >= 0.6 is 0 Å². The van der Waals surface area contributed by atoms with Crippen LogP contribution in [0.1, 0.15) is 5.76 Å². The molecule has 0 bridgehead atoms. The predicted molar refractivity (Wildman–Crippen MR) is 50.1 cm³/mol. The average molecular weight is 177 g/mol. The Morgan fingerprint density at radius 2 is 2.15 bits per heavy atom. The van der Waals surface area contributed by atoms with E-state index in [1.165, 1.54) is 0 Å². The van der Waals surface area contributed by atoms with Crippen molar-refractivity contribution >= 4 is 10.8 Å². The van der Waals surface area contributed by atoms with Crippen molar-refractivity contribution in [2.45, 2.75) is 12.6 Å². The standard InChI is InChI=1S/C10H11NO2/c11-10(12)5-9-8-4-2-1-3-7(8)6-13-9/h1-4,6,10,12H,5,11H2. The Labute approximate surface area is 75.8 Å². The maximum Gasteiger partial charge on any atom is 0.115 e. The fourth-order valence-corrected chi connectivity index (χ4v) is 1.40. The molecule has 0 aliphatic rings. The molecule has 0 saturated carbocycles. The summed E-state index contributed by atoms with van der Waals surface area (Å²) in [6, 6.07) is 7.80. The van der Waals surface area contributed by atoms with Crippen LogP contribution in [0.3, 0.4) is 0 Å². The first kappa shape index (κ1) is 8.29. The Morgan fingerprint density at radius 1 is 1.38 bits per heavy atom. The molecule has 3 heteroatoms. The van der Waals surface area contributed by atoms with E-state index in [1.807, 2.05) is 24.3 Å². The summed E-state index contributed by atoms with van der Waals surface area (Å²) in [6.07, 6.45) is 1.18. The third kappa shape index (κ3) is 1.56. The van der Waals surface area contributed by atoms with Crippen LogP contribution in [0.15, 0.2) is 34.9 Å². The van der Waals surface area contributed by atoms with Crippen molar-refractivity contribution in [1.29, 1.82) is 0 Å². The van der Waals surface area contributed by atoms with E-state index in [0.29, 0.717) is 6.42 Å². The first-order chi connectivity index (χ1) is 6.27. The number of rotatable bonds is 2. The Kier molecular flexibility index (Phi) is 2.04. The van der Waals surface area contributed by atoms with E-state index in [-0.39, 0.29) is 0 Å². The molecule has 2 rings (SSSR count). The molecular weight excluding hydrogens is 166 g/mol. The smallest absolute Gasteiger partial charge is 0.115 e. The Bertz CT molecular complexity index is 406. The molecule has 1 atom stereocenters. The number of aliphatic hydroxyl groups is 1. The number of furan rings is 1. The molecule has 1 aromatic carbocycles. The normalized spacial score (nSPS) is 13.4. The molecule has 0 aliphatic heterocycles. The molecule has 13 heavy (non-hydrogen) atoms. The summed E-state index contributed by atoms with van der Waals surface area (Å²) >= 11 is 0. The number of hydrogen-bond acceptors (Lipinski definition) is 3. The van der Waals surface area contributed by atoms with Crippen LogP contribution in [0, 0.1) is 0 Å². The Morgan fingerprint density at radius 3 is 2.92 bits per heavy atom. The van der Waals surface area contributed by atoms with Crippen molar-refractivity contribution in [2.24, 2.45) is 5.73 Å². The van der Waals surface area contributed by atoms with Crippen molar-refractivity contribution in [3.63, 3.8) is 0 Å². The number of fused-ring (bicyclic) bond motifs is 1. The first-order valence-corrected chi connectivity index (χ1v) is 4.16. The van der Waals surface area contributed by atoms with Gasteiger partial charge in [-0.1, -0.05) is 24.3 Å². The largest absolute Gasteiger partial charge is 0.468 e. The number of benzene rings is 1. The molecule has 3 nitrogen and oxygen atoms in total. The summed E-state index contributed by atoms with van der Waals surface area (Å²) in [6.45, 7) is 0. The van der Waals surface area contributed by atoms with Crippen molar-refractivity contribution in [3.8, 4) is 0 Å². The molecule has 0 saturated heterocycles. The fraction of sp³-hybridized carbons (Fsp3) is 0.200. The van der Waals surface area contributed by atoms with E-state index in [9.17, 15) is 0 Å². The highest BCUT2D eigenvalue weighted by Gasteiger charge is 2.07. The SMILES string of the molecule is NC(O)Cc1occ2ccccc12. The van der Waals surface area contributed by atoms with Gasteiger partial charge < -0.3 is 15.3 Å². The minimum atomic E-state index is -0.852. The van der Waals surface area contributed by atoms with Gasteiger partial charge in [0.15, 0.2) is 0 Å². The van der Waals surface area contributed by atoms with Crippen LogP contribution in [0.2, 0.25) is 0 Å². The molecule has 0 spiro atoms. The van der Waals surface area contributed by atoms with Crippen LogP contribution in [0.5, 0.6) is 0 Å². The van der Waals surface area contributed by atoms with Crippen molar-refractivity contribution in [2.75, 3.05) is 0 Å². The van der Waals surface area contributed by atoms with Gasteiger partial charge in [0, 0.05) is 17.2 Å². The zero-order chi connectivity index (χ0) is 9.26. The third-order valence-electron chi connectivity index (χ3n) is 1.98. The molecule has 2 aromatic rings. The summed E-state index contributed by atoms with van der Waals surface area (Å²) in [7, 11) is 0. The first-order valence-electron chi connectivity index (χ1n) is 4.16. The highest BCUT2D eigenvalue weighted by Crippen LogP contribution is 2.21. The molecule has 0 amide bonds. The van der Waals surface area contributed by atoms with Crippen LogP contribution in [0.4, 0.5) is 0 Å². The highest BCUT2D eigenvalue weighted by molar-refractivity contribution is 5.83. The van der Waals surface area contributed by atoms with E-state index in [0.717, 1.165) is 16.5 Å². The molecule has 1 aromatic heterocycles. The van der Waals surface area contributed by atoms with Crippen molar-refractivity contribution in [3.05, 3.63) is 36.3 Å². The van der Waals surface area contributed by atoms with E-state index in [1.54, 1.807) is 6.26 Å². The minimum Gasteiger partial charge on any atom is -0.468 e. The summed E-state index contributed by atoms with van der Waals surface area (Å²) in [4.78, 5) is 0. The molecule has 1 unspecified atom stereocenters. The number of nitrogens with two attached hydrogens (primary N) is 1. The lowest BCUT2D eigenvalue weighted by Gasteiger charge is -2.00. The van der Waals surface area contributed by atoms with Crippen LogP contribution in [-0.2, 0) is 6.42 Å². The molecular formula is C10H11NO2. The van der Waals surface area contributed by atoms with Gasteiger partial charge in [-0.05, 0) is 0 Å². The zero-order valence-corrected chi connectivity index (χ0v) is 7.10. The maximum atomic E-state index is 9.00. The molecule has 0 radical (unpaired) electrons. The lowest BCUT2D eigenvalue weighted by molar-refractivity contribution is 0.175. The Balaban J connectivity index is 2.46. The van der Waals surface area contributed by atoms with Gasteiger partial charge in [-0.25, -0.2) is 0 Å². The van der Waals surface area contributed by atoms with Gasteiger partial charge in [0.1, 0.15) is 12.0 Å². The van der Waals surface area contributed by atoms with Crippen LogP contribution < -0.4 is 5.73 Å². The predicted octanol–water partition coefficient (Wildman–Crippen LogP) is 1.25. The van der Waals surface area contributed by atoms with Gasteiger partial charge in [0.25, 0.3) is 0 Å². The maximum absolute atomic E-state index is 9.00. The summed E-state index contributed by atoms with van der Waals surface area (Å²) in [5.41, 5.74) is 5.27. The lowest BCUT2D eigenvalue weighted by atomic mass is 10.1. The highest BCUT2D eigenvalue weighted by atomic mass is 16.3. The lowest BCUT2D eigenvalue weighted by Crippen LogP contribution is -2.21. The van der Waals surface area contributed by atoms with E-state index in [2.05, 4.69) is 0 Å². The summed E-state index contributed by atoms with van der Waals surface area (Å²) in [5, 5.41) is 11.1. The third-order valence-corrected chi connectivity index (χ3v) is 1.98. The van der Waals surface area contributed by atoms with Crippen molar-refractivity contribution < 1.29 is 9.52 Å². The monoisotopic (exact) mass is 177 g/mol. The van der Waals surface area contributed by atoms with Crippen molar-refractivity contribution in [1.82, 2.24) is 0 Å². The molecule has 0 fully saturated rings. The van der Waals surface area contributed by atoms with Gasteiger partial charge in [0.2, 0.25) is 0 Å². The molecule has 1 heterocycles. The topological polar surface area (TPSA) is 59.4 Å². The molecule has 0 aliphatic carbocycles. The summed E-state index contributed by atoms with van der Waals surface area (Å²) in [5.74, 6) is 0.741. The second-order valence-electron chi connectivity index (χ2n) is 3.02. The zero-order valence-electron chi connectivity index (χ0n) is 7.10. The van der Waals surface area contributed by atoms with E-state index in [4.69, 9.17) is 15.3 Å². The number of hydrogen-bond donors (Lipinski definition) is 2. The minimum absolute atomic E-state index is 0.355. The number of aliphatic hydroxyl groups excluding tert-OH is 1. The van der Waals surface area contributed by atoms with Gasteiger partial charge >= 0.3 is 0 Å². The average Bonchev–Trinajstić information content (AvgIpc) is 2.48. The van der Waals surface area contributed by atoms with E-state index >= 15 is 0 Å². The Hall–Kier alpha value is -1.32. The van der Waals surface area contributed by atoms with Gasteiger partial charge in [-0.2, -0.15) is 0 Å². The fourth-order valence-electron chi connectivity index (χ4n) is 1.40. The van der Waals surface area contributed by atoms with Gasteiger partial charge in [0.05, 0.1) is 6.26 Å². The van der Waals surface area contributed by atoms with Gasteiger partial charge in [-0.15, -0.1) is 0 Å². The molecule has 3 N–H and O–H groups in total. The van der Waals surface area contributed by atoms with Crippen LogP contribution in [0.25, 0.3) is 10.8 Å². The van der Waals surface area contributed by atoms with E-state index < -0.39 is 6.23 Å². The second-order valence-corrected chi connectivity index (χ2v) is 3.02. The van der Waals surface area contributed by atoms with Gasteiger partial charge in [-0.3, -0.25) is 0 Å². The van der Waals surface area contributed by atoms with Crippen LogP contribution in [-0.4, -0.2) is 11.3 Å².